The summed E-state index contributed by atoms with van der Waals surface area (Å²) in [6.45, 7) is 5.12. The number of pyridine rings is 1. The molecule has 1 aromatic heterocycles. The minimum absolute atomic E-state index is 0.186. The summed E-state index contributed by atoms with van der Waals surface area (Å²) in [6, 6.07) is 12.8. The standard InChI is InChI=1S/C21H26N2O/c1-2-3-4-15-5-7-17(8-6-15)19-9-10-20-18-11-16(12-22-13-18)14-23(20)21(19)24/h5-10,16,18,22H,2-4,11-14H2,1H3. The molecule has 3 heterocycles. The van der Waals surface area contributed by atoms with Gasteiger partial charge in [-0.3, -0.25) is 4.79 Å². The average Bonchev–Trinajstić information content (AvgIpc) is 2.62. The first-order chi connectivity index (χ1) is 11.8. The third-order valence-electron chi connectivity index (χ3n) is 5.59. The van der Waals surface area contributed by atoms with Crippen LogP contribution in [0, 0.1) is 5.92 Å². The Bertz CT molecular complexity index is 775. The minimum atomic E-state index is 0.186. The first-order valence-electron chi connectivity index (χ1n) is 9.30. The summed E-state index contributed by atoms with van der Waals surface area (Å²) in [7, 11) is 0. The van der Waals surface area contributed by atoms with E-state index in [1.807, 2.05) is 10.6 Å². The first-order valence-corrected chi connectivity index (χ1v) is 9.30. The normalized spacial score (nSPS) is 22.2. The molecule has 1 saturated heterocycles. The first kappa shape index (κ1) is 15.6. The Kier molecular flexibility index (Phi) is 4.28. The van der Waals surface area contributed by atoms with Crippen LogP contribution in [-0.2, 0) is 13.0 Å². The lowest BCUT2D eigenvalue weighted by Gasteiger charge is -2.37. The number of piperidine rings is 1. The van der Waals surface area contributed by atoms with E-state index in [4.69, 9.17) is 0 Å². The fraction of sp³-hybridized carbons (Fsp3) is 0.476. The van der Waals surface area contributed by atoms with Crippen LogP contribution in [0.25, 0.3) is 11.1 Å². The van der Waals surface area contributed by atoms with Crippen molar-refractivity contribution in [1.82, 2.24) is 9.88 Å². The number of unbranched alkanes of at least 4 members (excludes halogenated alkanes) is 1. The highest BCUT2D eigenvalue weighted by atomic mass is 16.1. The van der Waals surface area contributed by atoms with Crippen LogP contribution < -0.4 is 10.9 Å². The maximum atomic E-state index is 13.0. The molecular weight excluding hydrogens is 296 g/mol. The van der Waals surface area contributed by atoms with E-state index in [0.29, 0.717) is 11.8 Å². The predicted molar refractivity (Wildman–Crippen MR) is 98.5 cm³/mol. The lowest BCUT2D eigenvalue weighted by Crippen LogP contribution is -2.45. The highest BCUT2D eigenvalue weighted by molar-refractivity contribution is 5.63. The number of rotatable bonds is 4. The van der Waals surface area contributed by atoms with E-state index >= 15 is 0 Å². The molecule has 2 unspecified atom stereocenters. The van der Waals surface area contributed by atoms with Gasteiger partial charge in [-0.25, -0.2) is 0 Å². The number of nitrogens with zero attached hydrogens (tertiary/aromatic N) is 1. The summed E-state index contributed by atoms with van der Waals surface area (Å²) in [5.74, 6) is 1.09. The van der Waals surface area contributed by atoms with Crippen LogP contribution >= 0.6 is 0 Å². The Hall–Kier alpha value is -1.87. The van der Waals surface area contributed by atoms with Gasteiger partial charge in [0, 0.05) is 30.3 Å². The van der Waals surface area contributed by atoms with Gasteiger partial charge in [0.25, 0.3) is 5.56 Å². The van der Waals surface area contributed by atoms with Crippen molar-refractivity contribution in [3.8, 4) is 11.1 Å². The summed E-state index contributed by atoms with van der Waals surface area (Å²) < 4.78 is 2.04. The van der Waals surface area contributed by atoms with Crippen molar-refractivity contribution in [1.29, 1.82) is 0 Å². The van der Waals surface area contributed by atoms with Crippen LogP contribution in [0.3, 0.4) is 0 Å². The molecule has 0 radical (unpaired) electrons. The molecule has 0 saturated carbocycles. The van der Waals surface area contributed by atoms with Crippen molar-refractivity contribution in [2.45, 2.75) is 45.1 Å². The van der Waals surface area contributed by atoms with Crippen LogP contribution in [-0.4, -0.2) is 17.7 Å². The SMILES string of the molecule is CCCCc1ccc(-c2ccc3n(c2=O)CC2CNCC3C2)cc1. The molecule has 2 bridgehead atoms. The topological polar surface area (TPSA) is 34.0 Å². The Morgan fingerprint density at radius 2 is 1.96 bits per heavy atom. The molecule has 2 aliphatic heterocycles. The van der Waals surface area contributed by atoms with Gasteiger partial charge in [0.05, 0.1) is 0 Å². The minimum Gasteiger partial charge on any atom is -0.316 e. The Balaban J connectivity index is 1.67. The van der Waals surface area contributed by atoms with Crippen LogP contribution in [0.15, 0.2) is 41.2 Å². The summed E-state index contributed by atoms with van der Waals surface area (Å²) in [5, 5.41) is 3.50. The fourth-order valence-corrected chi connectivity index (χ4v) is 4.24. The van der Waals surface area contributed by atoms with Gasteiger partial charge in [-0.1, -0.05) is 37.6 Å². The molecule has 4 rings (SSSR count). The number of aryl methyl sites for hydroxylation is 1. The lowest BCUT2D eigenvalue weighted by molar-refractivity contribution is 0.257. The Morgan fingerprint density at radius 3 is 2.75 bits per heavy atom. The molecule has 0 spiro atoms. The maximum Gasteiger partial charge on any atom is 0.258 e. The van der Waals surface area contributed by atoms with E-state index in [1.54, 1.807) is 0 Å². The van der Waals surface area contributed by atoms with E-state index < -0.39 is 0 Å². The van der Waals surface area contributed by atoms with Crippen molar-refractivity contribution in [3.63, 3.8) is 0 Å². The highest BCUT2D eigenvalue weighted by Crippen LogP contribution is 2.32. The molecule has 126 valence electrons. The quantitative estimate of drug-likeness (QED) is 0.934. The number of benzene rings is 1. The molecule has 2 aromatic rings. The smallest absolute Gasteiger partial charge is 0.258 e. The van der Waals surface area contributed by atoms with E-state index in [1.165, 1.54) is 30.5 Å². The molecule has 3 heteroatoms. The summed E-state index contributed by atoms with van der Waals surface area (Å²) in [6.07, 6.45) is 4.77. The molecule has 0 amide bonds. The van der Waals surface area contributed by atoms with Gasteiger partial charge in [-0.2, -0.15) is 0 Å². The third kappa shape index (κ3) is 2.82. The van der Waals surface area contributed by atoms with E-state index in [0.717, 1.165) is 37.2 Å². The fourth-order valence-electron chi connectivity index (χ4n) is 4.24. The maximum absolute atomic E-state index is 13.0. The molecule has 1 fully saturated rings. The second-order valence-corrected chi connectivity index (χ2v) is 7.35. The van der Waals surface area contributed by atoms with E-state index in [-0.39, 0.29) is 5.56 Å². The second-order valence-electron chi connectivity index (χ2n) is 7.35. The molecule has 3 nitrogen and oxygen atoms in total. The van der Waals surface area contributed by atoms with Crippen LogP contribution in [0.5, 0.6) is 0 Å². The van der Waals surface area contributed by atoms with Gasteiger partial charge >= 0.3 is 0 Å². The van der Waals surface area contributed by atoms with Crippen molar-refractivity contribution in [3.05, 3.63) is 58.0 Å². The summed E-state index contributed by atoms with van der Waals surface area (Å²) in [5.41, 5.74) is 4.65. The van der Waals surface area contributed by atoms with Crippen molar-refractivity contribution >= 4 is 0 Å². The van der Waals surface area contributed by atoms with Crippen LogP contribution in [0.2, 0.25) is 0 Å². The largest absolute Gasteiger partial charge is 0.316 e. The van der Waals surface area contributed by atoms with Crippen molar-refractivity contribution in [2.75, 3.05) is 13.1 Å². The van der Waals surface area contributed by atoms with Gasteiger partial charge in [0.1, 0.15) is 0 Å². The lowest BCUT2D eigenvalue weighted by atomic mass is 9.84. The molecular formula is C21H26N2O. The average molecular weight is 322 g/mol. The third-order valence-corrected chi connectivity index (χ3v) is 5.59. The van der Waals surface area contributed by atoms with E-state index in [9.17, 15) is 4.79 Å². The van der Waals surface area contributed by atoms with Gasteiger partial charge in [-0.05, 0) is 55.0 Å². The summed E-state index contributed by atoms with van der Waals surface area (Å²) >= 11 is 0. The zero-order chi connectivity index (χ0) is 16.5. The van der Waals surface area contributed by atoms with Gasteiger partial charge in [0.2, 0.25) is 0 Å². The molecule has 1 N–H and O–H groups in total. The van der Waals surface area contributed by atoms with Gasteiger partial charge in [-0.15, -0.1) is 0 Å². The number of nitrogens with one attached hydrogen (secondary N) is 1. The van der Waals surface area contributed by atoms with Gasteiger partial charge in [0.15, 0.2) is 0 Å². The number of fused-ring (bicyclic) bond motifs is 4. The number of hydrogen-bond acceptors (Lipinski definition) is 2. The van der Waals surface area contributed by atoms with Crippen molar-refractivity contribution < 1.29 is 0 Å². The van der Waals surface area contributed by atoms with Crippen LogP contribution in [0.1, 0.15) is 43.4 Å². The number of hydrogen-bond donors (Lipinski definition) is 1. The highest BCUT2D eigenvalue weighted by Gasteiger charge is 2.31. The molecule has 2 atom stereocenters. The number of aromatic nitrogens is 1. The Morgan fingerprint density at radius 1 is 1.12 bits per heavy atom. The summed E-state index contributed by atoms with van der Waals surface area (Å²) in [4.78, 5) is 13.0. The molecule has 2 aliphatic rings. The Labute approximate surface area is 143 Å². The van der Waals surface area contributed by atoms with Crippen LogP contribution in [0.4, 0.5) is 0 Å². The zero-order valence-corrected chi connectivity index (χ0v) is 14.4. The van der Waals surface area contributed by atoms with Crippen molar-refractivity contribution in [2.24, 2.45) is 5.92 Å². The van der Waals surface area contributed by atoms with Gasteiger partial charge < -0.3 is 9.88 Å². The second kappa shape index (κ2) is 6.56. The zero-order valence-electron chi connectivity index (χ0n) is 14.4. The molecule has 1 aromatic carbocycles. The molecule has 24 heavy (non-hydrogen) atoms. The monoisotopic (exact) mass is 322 g/mol. The molecule has 0 aliphatic carbocycles. The van der Waals surface area contributed by atoms with E-state index in [2.05, 4.69) is 42.6 Å². The predicted octanol–water partition coefficient (Wildman–Crippen LogP) is 3.56.